The van der Waals surface area contributed by atoms with E-state index in [0.29, 0.717) is 5.56 Å². The lowest BCUT2D eigenvalue weighted by molar-refractivity contribution is 0.102. The normalized spacial score (nSPS) is 17.1. The third-order valence-corrected chi connectivity index (χ3v) is 4.73. The number of nitrogens with one attached hydrogen (secondary N) is 1. The lowest BCUT2D eigenvalue weighted by atomic mass is 9.98. The molecule has 2 aromatic rings. The minimum Gasteiger partial charge on any atom is -0.324 e. The van der Waals surface area contributed by atoms with Crippen LogP contribution in [0.25, 0.3) is 0 Å². The van der Waals surface area contributed by atoms with Crippen LogP contribution in [0, 0.1) is 6.92 Å². The summed E-state index contributed by atoms with van der Waals surface area (Å²) in [4.78, 5) is 17.5. The first-order valence-corrected chi connectivity index (χ1v) is 7.88. The van der Waals surface area contributed by atoms with Gasteiger partial charge in [-0.1, -0.05) is 6.07 Å². The zero-order valence-corrected chi connectivity index (χ0v) is 12.6. The van der Waals surface area contributed by atoms with Crippen molar-refractivity contribution in [3.63, 3.8) is 0 Å². The monoisotopic (exact) mass is 299 g/mol. The summed E-state index contributed by atoms with van der Waals surface area (Å²) in [5.41, 5.74) is 9.71. The first-order valence-electron chi connectivity index (χ1n) is 6.89. The van der Waals surface area contributed by atoms with Crippen LogP contribution < -0.4 is 11.1 Å². The Bertz CT molecular complexity index is 673. The topological polar surface area (TPSA) is 68.0 Å². The number of benzene rings is 1. The van der Waals surface area contributed by atoms with Crippen molar-refractivity contribution < 1.29 is 4.79 Å². The highest BCUT2D eigenvalue weighted by Crippen LogP contribution is 2.36. The van der Waals surface area contributed by atoms with Crippen molar-refractivity contribution in [1.82, 2.24) is 4.98 Å². The van der Waals surface area contributed by atoms with E-state index in [2.05, 4.69) is 10.3 Å². The molecular formula is C16H17N3OS. The fourth-order valence-electron chi connectivity index (χ4n) is 2.45. The van der Waals surface area contributed by atoms with Gasteiger partial charge in [0.2, 0.25) is 0 Å². The molecule has 108 valence electrons. The van der Waals surface area contributed by atoms with E-state index in [-0.39, 0.29) is 11.9 Å². The van der Waals surface area contributed by atoms with Crippen LogP contribution >= 0.6 is 11.8 Å². The Labute approximate surface area is 128 Å². The Kier molecular flexibility index (Phi) is 3.94. The zero-order valence-electron chi connectivity index (χ0n) is 11.8. The second kappa shape index (κ2) is 5.87. The molecule has 0 spiro atoms. The standard InChI is InChI=1S/C16H17N3OS/c1-10-8-13-14(17)4-7-21-15(13)9-12(10)16(20)19-11-2-5-18-6-3-11/h2-3,5-6,8-9,14H,4,7,17H2,1H3,(H,18,19,20)/t14-/m1/s1. The van der Waals surface area contributed by atoms with Crippen LogP contribution in [-0.2, 0) is 0 Å². The fourth-order valence-corrected chi connectivity index (χ4v) is 3.62. The van der Waals surface area contributed by atoms with Crippen molar-refractivity contribution in [3.05, 3.63) is 53.3 Å². The molecule has 0 saturated heterocycles. The van der Waals surface area contributed by atoms with Crippen molar-refractivity contribution >= 4 is 23.4 Å². The van der Waals surface area contributed by atoms with Gasteiger partial charge in [-0.25, -0.2) is 0 Å². The highest BCUT2D eigenvalue weighted by molar-refractivity contribution is 7.99. The van der Waals surface area contributed by atoms with Crippen LogP contribution in [0.1, 0.15) is 33.9 Å². The van der Waals surface area contributed by atoms with Gasteiger partial charge in [-0.05, 0) is 48.4 Å². The molecule has 21 heavy (non-hydrogen) atoms. The van der Waals surface area contributed by atoms with Crippen molar-refractivity contribution in [2.75, 3.05) is 11.1 Å². The van der Waals surface area contributed by atoms with E-state index < -0.39 is 0 Å². The number of rotatable bonds is 2. The summed E-state index contributed by atoms with van der Waals surface area (Å²) in [5.74, 6) is 0.907. The average Bonchev–Trinajstić information content (AvgIpc) is 2.48. The number of pyridine rings is 1. The number of fused-ring (bicyclic) bond motifs is 1. The van der Waals surface area contributed by atoms with E-state index in [1.165, 1.54) is 0 Å². The zero-order chi connectivity index (χ0) is 14.8. The molecule has 1 aromatic heterocycles. The number of aromatic nitrogens is 1. The molecule has 1 amide bonds. The minimum atomic E-state index is -0.0961. The molecule has 0 radical (unpaired) electrons. The molecule has 3 rings (SSSR count). The van der Waals surface area contributed by atoms with E-state index in [0.717, 1.165) is 33.9 Å². The summed E-state index contributed by atoms with van der Waals surface area (Å²) in [6.45, 7) is 1.95. The first-order chi connectivity index (χ1) is 10.1. The predicted octanol–water partition coefficient (Wildman–Crippen LogP) is 3.14. The minimum absolute atomic E-state index is 0.0808. The van der Waals surface area contributed by atoms with Gasteiger partial charge in [-0.3, -0.25) is 9.78 Å². The Hall–Kier alpha value is -1.85. The molecule has 5 heteroatoms. The van der Waals surface area contributed by atoms with E-state index in [1.54, 1.807) is 36.3 Å². The van der Waals surface area contributed by atoms with Gasteiger partial charge in [-0.15, -0.1) is 11.8 Å². The maximum Gasteiger partial charge on any atom is 0.255 e. The quantitative estimate of drug-likeness (QED) is 0.894. The van der Waals surface area contributed by atoms with E-state index in [4.69, 9.17) is 5.73 Å². The first kappa shape index (κ1) is 14.1. The molecule has 1 atom stereocenters. The van der Waals surface area contributed by atoms with Crippen LogP contribution in [0.5, 0.6) is 0 Å². The summed E-state index contributed by atoms with van der Waals surface area (Å²) in [6.07, 6.45) is 4.30. The summed E-state index contributed by atoms with van der Waals surface area (Å²) in [7, 11) is 0. The van der Waals surface area contributed by atoms with Crippen molar-refractivity contribution in [1.29, 1.82) is 0 Å². The molecule has 2 heterocycles. The van der Waals surface area contributed by atoms with Crippen LogP contribution in [0.15, 0.2) is 41.6 Å². The van der Waals surface area contributed by atoms with Crippen molar-refractivity contribution in [3.8, 4) is 0 Å². The fraction of sp³-hybridized carbons (Fsp3) is 0.250. The number of amides is 1. The number of anilines is 1. The molecule has 0 unspecified atom stereocenters. The number of carbonyl (C=O) groups excluding carboxylic acids is 1. The van der Waals surface area contributed by atoms with Gasteiger partial charge in [0.15, 0.2) is 0 Å². The second-order valence-corrected chi connectivity index (χ2v) is 6.28. The lowest BCUT2D eigenvalue weighted by Crippen LogP contribution is -2.19. The summed E-state index contributed by atoms with van der Waals surface area (Å²) < 4.78 is 0. The number of hydrogen-bond donors (Lipinski definition) is 2. The highest BCUT2D eigenvalue weighted by atomic mass is 32.2. The molecule has 3 N–H and O–H groups in total. The molecule has 1 aliphatic rings. The van der Waals surface area contributed by atoms with Gasteiger partial charge >= 0.3 is 0 Å². The largest absolute Gasteiger partial charge is 0.324 e. The molecule has 1 aromatic carbocycles. The average molecular weight is 299 g/mol. The molecule has 0 bridgehead atoms. The summed E-state index contributed by atoms with van der Waals surface area (Å²) in [5, 5.41) is 2.90. The van der Waals surface area contributed by atoms with Crippen molar-refractivity contribution in [2.24, 2.45) is 5.73 Å². The molecule has 1 aliphatic heterocycles. The smallest absolute Gasteiger partial charge is 0.255 e. The SMILES string of the molecule is Cc1cc2c(cc1C(=O)Nc1ccncc1)SCC[C@H]2N. The maximum atomic E-state index is 12.4. The van der Waals surface area contributed by atoms with Gasteiger partial charge in [0.25, 0.3) is 5.91 Å². The number of nitrogens with two attached hydrogens (primary N) is 1. The van der Waals surface area contributed by atoms with Crippen LogP contribution in [0.4, 0.5) is 5.69 Å². The van der Waals surface area contributed by atoms with E-state index in [9.17, 15) is 4.79 Å². The second-order valence-electron chi connectivity index (χ2n) is 5.14. The number of aryl methyl sites for hydroxylation is 1. The Morgan fingerprint density at radius 3 is 2.90 bits per heavy atom. The summed E-state index contributed by atoms with van der Waals surface area (Å²) >= 11 is 1.77. The number of nitrogens with zero attached hydrogens (tertiary/aromatic N) is 1. The molecule has 4 nitrogen and oxygen atoms in total. The number of hydrogen-bond acceptors (Lipinski definition) is 4. The molecule has 0 aliphatic carbocycles. The predicted molar refractivity (Wildman–Crippen MR) is 85.6 cm³/mol. The number of thioether (sulfide) groups is 1. The third kappa shape index (κ3) is 2.94. The maximum absolute atomic E-state index is 12.4. The van der Waals surface area contributed by atoms with E-state index >= 15 is 0 Å². The van der Waals surface area contributed by atoms with Crippen LogP contribution in [0.3, 0.4) is 0 Å². The van der Waals surface area contributed by atoms with Gasteiger partial charge < -0.3 is 11.1 Å². The van der Waals surface area contributed by atoms with Gasteiger partial charge in [-0.2, -0.15) is 0 Å². The third-order valence-electron chi connectivity index (χ3n) is 3.63. The van der Waals surface area contributed by atoms with Gasteiger partial charge in [0.1, 0.15) is 0 Å². The Morgan fingerprint density at radius 2 is 2.14 bits per heavy atom. The lowest BCUT2D eigenvalue weighted by Gasteiger charge is -2.23. The molecular weight excluding hydrogens is 282 g/mol. The van der Waals surface area contributed by atoms with Crippen LogP contribution in [-0.4, -0.2) is 16.6 Å². The Morgan fingerprint density at radius 1 is 1.38 bits per heavy atom. The number of carbonyl (C=O) groups is 1. The Balaban J connectivity index is 1.90. The molecule has 0 fully saturated rings. The van der Waals surface area contributed by atoms with Gasteiger partial charge in [0, 0.05) is 34.6 Å². The van der Waals surface area contributed by atoms with E-state index in [1.807, 2.05) is 19.1 Å². The van der Waals surface area contributed by atoms with Crippen LogP contribution in [0.2, 0.25) is 0 Å². The summed E-state index contributed by atoms with van der Waals surface area (Å²) in [6, 6.07) is 7.64. The van der Waals surface area contributed by atoms with Gasteiger partial charge in [0.05, 0.1) is 0 Å². The highest BCUT2D eigenvalue weighted by Gasteiger charge is 2.21. The molecule has 0 saturated carbocycles. The van der Waals surface area contributed by atoms with Crippen molar-refractivity contribution in [2.45, 2.75) is 24.3 Å².